The maximum absolute atomic E-state index is 12.5. The van der Waals surface area contributed by atoms with Crippen LogP contribution in [-0.2, 0) is 4.79 Å². The fourth-order valence-electron chi connectivity index (χ4n) is 2.53. The number of hydrogen-bond donors (Lipinski definition) is 1. The van der Waals surface area contributed by atoms with E-state index in [9.17, 15) is 9.59 Å². The first-order valence-corrected chi connectivity index (χ1v) is 7.65. The van der Waals surface area contributed by atoms with E-state index in [0.29, 0.717) is 22.6 Å². The van der Waals surface area contributed by atoms with Crippen LogP contribution in [0.15, 0.2) is 59.0 Å². The van der Waals surface area contributed by atoms with Crippen LogP contribution in [-0.4, -0.2) is 11.7 Å². The van der Waals surface area contributed by atoms with Crippen molar-refractivity contribution in [2.75, 3.05) is 5.32 Å². The average Bonchev–Trinajstić information content (AvgIpc) is 3.34. The first-order valence-electron chi connectivity index (χ1n) is 7.65. The van der Waals surface area contributed by atoms with Crippen molar-refractivity contribution in [2.24, 2.45) is 5.92 Å². The zero-order chi connectivity index (χ0) is 15.8. The third-order valence-corrected chi connectivity index (χ3v) is 4.01. The van der Waals surface area contributed by atoms with Crippen LogP contribution in [0.2, 0.25) is 0 Å². The van der Waals surface area contributed by atoms with E-state index >= 15 is 0 Å². The highest BCUT2D eigenvalue weighted by Gasteiger charge is 2.29. The number of carbonyl (C=O) groups is 2. The molecule has 1 aliphatic rings. The van der Waals surface area contributed by atoms with Crippen molar-refractivity contribution >= 4 is 28.3 Å². The van der Waals surface area contributed by atoms with Crippen molar-refractivity contribution in [1.82, 2.24) is 0 Å². The number of anilines is 1. The lowest BCUT2D eigenvalue weighted by molar-refractivity contribution is -0.117. The Kier molecular flexibility index (Phi) is 3.23. The van der Waals surface area contributed by atoms with E-state index in [2.05, 4.69) is 5.32 Å². The summed E-state index contributed by atoms with van der Waals surface area (Å²) in [5, 5.41) is 3.76. The minimum atomic E-state index is -0.165. The summed E-state index contributed by atoms with van der Waals surface area (Å²) in [7, 11) is 0. The summed E-state index contributed by atoms with van der Waals surface area (Å²) in [6, 6.07) is 16.2. The summed E-state index contributed by atoms with van der Waals surface area (Å²) in [4.78, 5) is 24.2. The van der Waals surface area contributed by atoms with Gasteiger partial charge in [0.15, 0.2) is 5.76 Å². The Labute approximate surface area is 133 Å². The molecular weight excluding hydrogens is 290 g/mol. The highest BCUT2D eigenvalue weighted by Crippen LogP contribution is 2.30. The summed E-state index contributed by atoms with van der Waals surface area (Å²) < 4.78 is 5.60. The van der Waals surface area contributed by atoms with Gasteiger partial charge in [-0.2, -0.15) is 0 Å². The molecule has 1 amide bonds. The summed E-state index contributed by atoms with van der Waals surface area (Å²) in [6.07, 6.45) is 1.93. The Morgan fingerprint density at radius 3 is 2.43 bits per heavy atom. The number of benzene rings is 2. The number of rotatable bonds is 4. The zero-order valence-corrected chi connectivity index (χ0v) is 12.4. The Morgan fingerprint density at radius 2 is 1.74 bits per heavy atom. The molecule has 114 valence electrons. The van der Waals surface area contributed by atoms with E-state index in [1.54, 1.807) is 30.3 Å². The van der Waals surface area contributed by atoms with Gasteiger partial charge in [0.2, 0.25) is 11.7 Å². The highest BCUT2D eigenvalue weighted by molar-refractivity contribution is 6.09. The molecule has 0 unspecified atom stereocenters. The molecule has 4 heteroatoms. The van der Waals surface area contributed by atoms with E-state index in [1.807, 2.05) is 24.3 Å². The van der Waals surface area contributed by atoms with Gasteiger partial charge < -0.3 is 9.73 Å². The average molecular weight is 305 g/mol. The van der Waals surface area contributed by atoms with Crippen LogP contribution in [0.3, 0.4) is 0 Å². The lowest BCUT2D eigenvalue weighted by Gasteiger charge is -2.04. The van der Waals surface area contributed by atoms with Crippen molar-refractivity contribution in [3.63, 3.8) is 0 Å². The molecule has 1 heterocycles. The van der Waals surface area contributed by atoms with Crippen molar-refractivity contribution < 1.29 is 14.0 Å². The van der Waals surface area contributed by atoms with Crippen LogP contribution < -0.4 is 5.32 Å². The minimum absolute atomic E-state index is 0.0568. The van der Waals surface area contributed by atoms with Gasteiger partial charge in [0.25, 0.3) is 0 Å². The normalized spacial score (nSPS) is 13.9. The minimum Gasteiger partial charge on any atom is -0.453 e. The first kappa shape index (κ1) is 13.8. The van der Waals surface area contributed by atoms with Crippen molar-refractivity contribution in [3.05, 3.63) is 65.9 Å². The number of carbonyl (C=O) groups excluding carboxylic acids is 2. The van der Waals surface area contributed by atoms with Gasteiger partial charge in [-0.15, -0.1) is 0 Å². The highest BCUT2D eigenvalue weighted by atomic mass is 16.3. The van der Waals surface area contributed by atoms with Gasteiger partial charge in [-0.25, -0.2) is 0 Å². The van der Waals surface area contributed by atoms with E-state index in [0.717, 1.165) is 18.2 Å². The number of ketones is 1. The second-order valence-electron chi connectivity index (χ2n) is 5.82. The molecule has 0 radical (unpaired) electrons. The molecule has 1 fully saturated rings. The van der Waals surface area contributed by atoms with Crippen LogP contribution in [0.5, 0.6) is 0 Å². The van der Waals surface area contributed by atoms with Crippen molar-refractivity contribution in [1.29, 1.82) is 0 Å². The third kappa shape index (κ3) is 2.75. The molecule has 23 heavy (non-hydrogen) atoms. The number of nitrogens with one attached hydrogen (secondary N) is 1. The number of amides is 1. The number of hydrogen-bond acceptors (Lipinski definition) is 3. The Bertz CT molecular complexity index is 855. The van der Waals surface area contributed by atoms with Crippen LogP contribution >= 0.6 is 0 Å². The Balaban J connectivity index is 1.54. The molecule has 1 aliphatic carbocycles. The summed E-state index contributed by atoms with van der Waals surface area (Å²) in [6.45, 7) is 0. The second-order valence-corrected chi connectivity index (χ2v) is 5.82. The van der Waals surface area contributed by atoms with Gasteiger partial charge in [-0.05, 0) is 49.2 Å². The molecular formula is C19H15NO3. The smallest absolute Gasteiger partial charge is 0.228 e. The molecule has 0 atom stereocenters. The summed E-state index contributed by atoms with van der Waals surface area (Å²) in [5.74, 6) is 0.371. The molecule has 2 aromatic carbocycles. The topological polar surface area (TPSA) is 59.3 Å². The van der Waals surface area contributed by atoms with Crippen LogP contribution in [0, 0.1) is 5.92 Å². The SMILES string of the molecule is O=C(c1ccc(NC(=O)C2CC2)cc1)c1cc2ccccc2o1. The maximum Gasteiger partial charge on any atom is 0.228 e. The fourth-order valence-corrected chi connectivity index (χ4v) is 2.53. The predicted molar refractivity (Wildman–Crippen MR) is 87.4 cm³/mol. The third-order valence-electron chi connectivity index (χ3n) is 4.01. The zero-order valence-electron chi connectivity index (χ0n) is 12.4. The molecule has 0 bridgehead atoms. The van der Waals surface area contributed by atoms with Crippen LogP contribution in [0.4, 0.5) is 5.69 Å². The Morgan fingerprint density at radius 1 is 1.00 bits per heavy atom. The van der Waals surface area contributed by atoms with Crippen LogP contribution in [0.1, 0.15) is 29.0 Å². The Hall–Kier alpha value is -2.88. The van der Waals surface area contributed by atoms with E-state index in [4.69, 9.17) is 4.42 Å². The lowest BCUT2D eigenvalue weighted by atomic mass is 10.1. The standard InChI is InChI=1S/C19H15NO3/c21-18(17-11-14-3-1-2-4-16(14)23-17)12-7-9-15(10-8-12)20-19(22)13-5-6-13/h1-4,7-11,13H,5-6H2,(H,20,22). The fraction of sp³-hybridized carbons (Fsp3) is 0.158. The molecule has 1 saturated carbocycles. The monoisotopic (exact) mass is 305 g/mol. The predicted octanol–water partition coefficient (Wildman–Crippen LogP) is 4.01. The van der Waals surface area contributed by atoms with Gasteiger partial charge >= 0.3 is 0 Å². The molecule has 3 aromatic rings. The van der Waals surface area contributed by atoms with Gasteiger partial charge in [0.1, 0.15) is 5.58 Å². The number of furan rings is 1. The molecule has 4 rings (SSSR count). The quantitative estimate of drug-likeness (QED) is 0.741. The molecule has 4 nitrogen and oxygen atoms in total. The molecule has 0 saturated heterocycles. The van der Waals surface area contributed by atoms with E-state index in [1.165, 1.54) is 0 Å². The maximum atomic E-state index is 12.5. The van der Waals surface area contributed by atoms with Crippen molar-refractivity contribution in [2.45, 2.75) is 12.8 Å². The van der Waals surface area contributed by atoms with Gasteiger partial charge in [-0.1, -0.05) is 18.2 Å². The summed E-state index contributed by atoms with van der Waals surface area (Å²) >= 11 is 0. The summed E-state index contributed by atoms with van der Waals surface area (Å²) in [5.41, 5.74) is 1.95. The first-order chi connectivity index (χ1) is 11.2. The van der Waals surface area contributed by atoms with E-state index in [-0.39, 0.29) is 17.6 Å². The van der Waals surface area contributed by atoms with Gasteiger partial charge in [0, 0.05) is 22.6 Å². The second kappa shape index (κ2) is 5.39. The number of para-hydroxylation sites is 1. The van der Waals surface area contributed by atoms with Gasteiger partial charge in [0.05, 0.1) is 0 Å². The largest absolute Gasteiger partial charge is 0.453 e. The molecule has 1 aromatic heterocycles. The van der Waals surface area contributed by atoms with E-state index < -0.39 is 0 Å². The molecule has 0 aliphatic heterocycles. The number of fused-ring (bicyclic) bond motifs is 1. The van der Waals surface area contributed by atoms with Crippen molar-refractivity contribution in [3.8, 4) is 0 Å². The molecule has 0 spiro atoms. The molecule has 1 N–H and O–H groups in total. The van der Waals surface area contributed by atoms with Gasteiger partial charge in [-0.3, -0.25) is 9.59 Å². The van der Waals surface area contributed by atoms with Crippen LogP contribution in [0.25, 0.3) is 11.0 Å². The lowest BCUT2D eigenvalue weighted by Crippen LogP contribution is -2.13.